The van der Waals surface area contributed by atoms with Gasteiger partial charge in [0.1, 0.15) is 17.2 Å². The molecule has 2 unspecified atom stereocenters. The van der Waals surface area contributed by atoms with Crippen molar-refractivity contribution in [2.24, 2.45) is 5.84 Å². The molecule has 2 aliphatic rings. The maximum absolute atomic E-state index is 13.7. The largest absolute Gasteiger partial charge is 0.480 e. The van der Waals surface area contributed by atoms with Gasteiger partial charge in [-0.1, -0.05) is 0 Å². The average Bonchev–Trinajstić information content (AvgIpc) is 2.86. The summed E-state index contributed by atoms with van der Waals surface area (Å²) in [5, 5.41) is 4.73. The number of hydrogen-bond donors (Lipinski definition) is 3. The molecule has 2 heterocycles. The Morgan fingerprint density at radius 3 is 2.61 bits per heavy atom. The summed E-state index contributed by atoms with van der Waals surface area (Å²) in [5.41, 5.74) is -2.57. The second-order valence-electron chi connectivity index (χ2n) is 7.45. The Morgan fingerprint density at radius 2 is 2.04 bits per heavy atom. The third-order valence-corrected chi connectivity index (χ3v) is 4.21. The maximum Gasteiger partial charge on any atom is 0.431 e. The molecule has 1 spiro atoms. The van der Waals surface area contributed by atoms with Crippen molar-refractivity contribution < 1.29 is 33.0 Å². The van der Waals surface area contributed by atoms with Crippen LogP contribution in [0.25, 0.3) is 0 Å². The van der Waals surface area contributed by atoms with Crippen LogP contribution in [0.5, 0.6) is 5.75 Å². The van der Waals surface area contributed by atoms with Gasteiger partial charge in [-0.15, -0.1) is 0 Å². The number of fused-ring (bicyclic) bond motifs is 2. The van der Waals surface area contributed by atoms with Gasteiger partial charge in [-0.25, -0.2) is 19.8 Å². The van der Waals surface area contributed by atoms with Crippen LogP contribution in [0, 0.1) is 5.82 Å². The van der Waals surface area contributed by atoms with Crippen LogP contribution in [0.2, 0.25) is 0 Å². The van der Waals surface area contributed by atoms with Crippen LogP contribution in [0.3, 0.4) is 0 Å². The summed E-state index contributed by atoms with van der Waals surface area (Å²) < 4.78 is 24.3. The van der Waals surface area contributed by atoms with E-state index in [9.17, 15) is 23.6 Å². The van der Waals surface area contributed by atoms with Crippen molar-refractivity contribution in [3.63, 3.8) is 0 Å². The zero-order chi connectivity index (χ0) is 20.9. The predicted molar refractivity (Wildman–Crippen MR) is 91.1 cm³/mol. The number of hydrogen-bond acceptors (Lipinski definition) is 7. The molecule has 2 aliphatic heterocycles. The molecule has 150 valence electrons. The Hall–Kier alpha value is -3.21. The predicted octanol–water partition coefficient (Wildman–Crippen LogP) is 0.649. The second-order valence-corrected chi connectivity index (χ2v) is 7.45. The number of carbonyl (C=O) groups is 4. The number of benzene rings is 1. The van der Waals surface area contributed by atoms with E-state index in [4.69, 9.17) is 15.3 Å². The van der Waals surface area contributed by atoms with Crippen molar-refractivity contribution in [1.82, 2.24) is 15.6 Å². The standard InChI is InChI=1S/C17H19FN4O6/c1-16(2,3)28-15(26)22(19)12(23)11-7-17(13(24)20-14(25)21-17)9-6-8(18)4-5-10(9)27-11/h4-6,11H,7,19H2,1-3H3,(H2,20,21,24,25). The Balaban J connectivity index is 1.94. The highest BCUT2D eigenvalue weighted by molar-refractivity contribution is 6.08. The number of nitrogens with one attached hydrogen (secondary N) is 2. The van der Waals surface area contributed by atoms with Gasteiger partial charge in [-0.05, 0) is 39.0 Å². The summed E-state index contributed by atoms with van der Waals surface area (Å²) in [7, 11) is 0. The second kappa shape index (κ2) is 6.44. The lowest BCUT2D eigenvalue weighted by atomic mass is 9.81. The van der Waals surface area contributed by atoms with Gasteiger partial charge in [0, 0.05) is 12.0 Å². The number of rotatable bonds is 1. The molecule has 5 amide bonds. The van der Waals surface area contributed by atoms with Crippen molar-refractivity contribution in [3.8, 4) is 5.75 Å². The molecule has 1 saturated heterocycles. The lowest BCUT2D eigenvalue weighted by molar-refractivity contribution is -0.141. The minimum absolute atomic E-state index is 0.000869. The van der Waals surface area contributed by atoms with E-state index in [-0.39, 0.29) is 16.3 Å². The van der Waals surface area contributed by atoms with E-state index in [1.807, 2.05) is 0 Å². The summed E-state index contributed by atoms with van der Waals surface area (Å²) >= 11 is 0. The van der Waals surface area contributed by atoms with Gasteiger partial charge < -0.3 is 14.8 Å². The van der Waals surface area contributed by atoms with Gasteiger partial charge >= 0.3 is 12.1 Å². The molecule has 10 nitrogen and oxygen atoms in total. The summed E-state index contributed by atoms with van der Waals surface area (Å²) in [6, 6.07) is 2.53. The van der Waals surface area contributed by atoms with Gasteiger partial charge in [0.05, 0.1) is 0 Å². The zero-order valence-electron chi connectivity index (χ0n) is 15.4. The van der Waals surface area contributed by atoms with Crippen LogP contribution in [0.1, 0.15) is 32.8 Å². The molecule has 0 saturated carbocycles. The summed E-state index contributed by atoms with van der Waals surface area (Å²) in [4.78, 5) is 49.0. The highest BCUT2D eigenvalue weighted by Crippen LogP contribution is 2.42. The number of amides is 5. The molecule has 11 heteroatoms. The lowest BCUT2D eigenvalue weighted by Gasteiger charge is -2.37. The van der Waals surface area contributed by atoms with Gasteiger partial charge in [0.25, 0.3) is 11.8 Å². The van der Waals surface area contributed by atoms with Crippen molar-refractivity contribution in [2.45, 2.75) is 44.4 Å². The first kappa shape index (κ1) is 19.5. The summed E-state index contributed by atoms with van der Waals surface area (Å²) in [6.07, 6.45) is -2.91. The van der Waals surface area contributed by atoms with E-state index in [1.54, 1.807) is 20.8 Å². The summed E-state index contributed by atoms with van der Waals surface area (Å²) in [6.45, 7) is 4.79. The minimum atomic E-state index is -1.73. The van der Waals surface area contributed by atoms with Gasteiger partial charge in [0.2, 0.25) is 0 Å². The molecule has 1 aromatic rings. The van der Waals surface area contributed by atoms with Crippen LogP contribution in [-0.2, 0) is 19.9 Å². The molecular weight excluding hydrogens is 375 g/mol. The Labute approximate surface area is 159 Å². The first-order valence-electron chi connectivity index (χ1n) is 8.35. The highest BCUT2D eigenvalue weighted by Gasteiger charge is 2.55. The zero-order valence-corrected chi connectivity index (χ0v) is 15.4. The van der Waals surface area contributed by atoms with E-state index in [2.05, 4.69) is 10.6 Å². The first-order chi connectivity index (χ1) is 12.9. The Morgan fingerprint density at radius 1 is 1.36 bits per heavy atom. The minimum Gasteiger partial charge on any atom is -0.480 e. The van der Waals surface area contributed by atoms with E-state index in [1.165, 1.54) is 6.07 Å². The van der Waals surface area contributed by atoms with Gasteiger partial charge in [-0.3, -0.25) is 14.9 Å². The van der Waals surface area contributed by atoms with E-state index < -0.39 is 53.4 Å². The van der Waals surface area contributed by atoms with Gasteiger partial charge in [0.15, 0.2) is 11.6 Å². The molecule has 0 aliphatic carbocycles. The maximum atomic E-state index is 13.7. The van der Waals surface area contributed by atoms with Crippen molar-refractivity contribution in [2.75, 3.05) is 0 Å². The fourth-order valence-electron chi connectivity index (χ4n) is 3.04. The van der Waals surface area contributed by atoms with E-state index >= 15 is 0 Å². The van der Waals surface area contributed by atoms with Crippen molar-refractivity contribution in [1.29, 1.82) is 0 Å². The van der Waals surface area contributed by atoms with Crippen LogP contribution in [-0.4, -0.2) is 40.7 Å². The molecule has 0 aromatic heterocycles. The van der Waals surface area contributed by atoms with Gasteiger partial charge in [-0.2, -0.15) is 5.01 Å². The Kier molecular flexibility index (Phi) is 4.50. The fourth-order valence-corrected chi connectivity index (χ4v) is 3.04. The molecular formula is C17H19FN4O6. The number of imide groups is 2. The van der Waals surface area contributed by atoms with E-state index in [0.717, 1.165) is 12.1 Å². The van der Waals surface area contributed by atoms with Crippen LogP contribution in [0.4, 0.5) is 14.0 Å². The molecule has 1 aromatic carbocycles. The third-order valence-electron chi connectivity index (χ3n) is 4.21. The number of halogens is 1. The normalized spacial score (nSPS) is 23.4. The van der Waals surface area contributed by atoms with Crippen LogP contribution >= 0.6 is 0 Å². The number of carbonyl (C=O) groups excluding carboxylic acids is 4. The number of hydrazine groups is 1. The number of nitrogens with two attached hydrogens (primary N) is 1. The topological polar surface area (TPSA) is 140 Å². The summed E-state index contributed by atoms with van der Waals surface area (Å²) in [5.74, 6) is 3.16. The molecule has 4 N–H and O–H groups in total. The van der Waals surface area contributed by atoms with Crippen molar-refractivity contribution >= 4 is 23.9 Å². The number of urea groups is 1. The highest BCUT2D eigenvalue weighted by atomic mass is 19.1. The molecule has 3 rings (SSSR count). The monoisotopic (exact) mass is 394 g/mol. The molecule has 1 fully saturated rings. The number of ether oxygens (including phenoxy) is 2. The number of nitrogens with zero attached hydrogens (tertiary/aromatic N) is 1. The van der Waals surface area contributed by atoms with Crippen molar-refractivity contribution in [3.05, 3.63) is 29.6 Å². The molecule has 0 bridgehead atoms. The third kappa shape index (κ3) is 3.36. The molecule has 28 heavy (non-hydrogen) atoms. The first-order valence-corrected chi connectivity index (χ1v) is 8.35. The molecule has 2 atom stereocenters. The Bertz CT molecular complexity index is 883. The average molecular weight is 394 g/mol. The SMILES string of the molecule is CC(C)(C)OC(=O)N(N)C(=O)C1CC2(NC(=O)NC2=O)c2cc(F)ccc2O1. The molecule has 0 radical (unpaired) electrons. The van der Waals surface area contributed by atoms with Crippen LogP contribution in [0.15, 0.2) is 18.2 Å². The fraction of sp³-hybridized carbons (Fsp3) is 0.412. The van der Waals surface area contributed by atoms with E-state index in [0.29, 0.717) is 0 Å². The quantitative estimate of drug-likeness (QED) is 0.275. The van der Waals surface area contributed by atoms with Crippen LogP contribution < -0.4 is 21.2 Å². The lowest BCUT2D eigenvalue weighted by Crippen LogP contribution is -2.57. The smallest absolute Gasteiger partial charge is 0.431 e.